The van der Waals surface area contributed by atoms with Crippen molar-refractivity contribution in [1.82, 2.24) is 4.90 Å². The van der Waals surface area contributed by atoms with E-state index in [-0.39, 0.29) is 24.0 Å². The van der Waals surface area contributed by atoms with Crippen LogP contribution in [0.25, 0.3) is 0 Å². The van der Waals surface area contributed by atoms with Gasteiger partial charge in [-0.3, -0.25) is 4.79 Å². The monoisotopic (exact) mass is 348 g/mol. The molecule has 0 bridgehead atoms. The van der Waals surface area contributed by atoms with Crippen LogP contribution in [0.1, 0.15) is 45.6 Å². The van der Waals surface area contributed by atoms with Gasteiger partial charge in [-0.1, -0.05) is 32.9 Å². The SMILES string of the molecule is CC(C)(C)c1ccc(OCC(=O)N2CCC(OCCCN)CC2)cc1. The number of likely N-dealkylation sites (tertiary alicyclic amines) is 1. The topological polar surface area (TPSA) is 64.8 Å². The summed E-state index contributed by atoms with van der Waals surface area (Å²) in [6.07, 6.45) is 2.91. The average Bonchev–Trinajstić information content (AvgIpc) is 2.60. The van der Waals surface area contributed by atoms with Crippen LogP contribution in [0, 0.1) is 0 Å². The Hall–Kier alpha value is -1.59. The van der Waals surface area contributed by atoms with Crippen molar-refractivity contribution in [1.29, 1.82) is 0 Å². The van der Waals surface area contributed by atoms with Crippen LogP contribution in [-0.2, 0) is 14.9 Å². The molecule has 0 atom stereocenters. The Kier molecular flexibility index (Phi) is 7.26. The Morgan fingerprint density at radius 1 is 1.20 bits per heavy atom. The number of carbonyl (C=O) groups is 1. The molecule has 0 aliphatic carbocycles. The third kappa shape index (κ3) is 6.33. The first-order chi connectivity index (χ1) is 11.9. The Labute approximate surface area is 151 Å². The van der Waals surface area contributed by atoms with E-state index >= 15 is 0 Å². The molecule has 1 amide bonds. The van der Waals surface area contributed by atoms with Crippen LogP contribution < -0.4 is 10.5 Å². The summed E-state index contributed by atoms with van der Waals surface area (Å²) in [7, 11) is 0. The van der Waals surface area contributed by atoms with E-state index in [9.17, 15) is 4.79 Å². The number of hydrogen-bond donors (Lipinski definition) is 1. The van der Waals surface area contributed by atoms with Crippen molar-refractivity contribution in [3.05, 3.63) is 29.8 Å². The number of rotatable bonds is 7. The van der Waals surface area contributed by atoms with E-state index in [0.717, 1.165) is 38.1 Å². The van der Waals surface area contributed by atoms with Crippen molar-refractivity contribution in [3.63, 3.8) is 0 Å². The van der Waals surface area contributed by atoms with Crippen LogP contribution in [0.2, 0.25) is 0 Å². The van der Waals surface area contributed by atoms with Crippen molar-refractivity contribution in [3.8, 4) is 5.75 Å². The standard InChI is InChI=1S/C20H32N2O3/c1-20(2,3)16-5-7-17(8-6-16)25-15-19(23)22-12-9-18(10-13-22)24-14-4-11-21/h5-8,18H,4,9-15,21H2,1-3H3. The second-order valence-corrected chi connectivity index (χ2v) is 7.66. The Morgan fingerprint density at radius 3 is 2.40 bits per heavy atom. The normalized spacial score (nSPS) is 16.1. The number of carbonyl (C=O) groups excluding carboxylic acids is 1. The lowest BCUT2D eigenvalue weighted by Crippen LogP contribution is -2.43. The Balaban J connectivity index is 1.72. The molecule has 0 radical (unpaired) electrons. The third-order valence-electron chi connectivity index (χ3n) is 4.58. The minimum atomic E-state index is 0.0420. The molecule has 1 fully saturated rings. The van der Waals surface area contributed by atoms with Gasteiger partial charge in [0.05, 0.1) is 6.10 Å². The van der Waals surface area contributed by atoms with E-state index in [1.165, 1.54) is 5.56 Å². The molecule has 1 aliphatic rings. The number of hydrogen-bond acceptors (Lipinski definition) is 4. The van der Waals surface area contributed by atoms with Crippen LogP contribution in [-0.4, -0.2) is 49.8 Å². The molecular weight excluding hydrogens is 316 g/mol. The molecule has 0 unspecified atom stereocenters. The van der Waals surface area contributed by atoms with Crippen LogP contribution in [0.3, 0.4) is 0 Å². The quantitative estimate of drug-likeness (QED) is 0.770. The van der Waals surface area contributed by atoms with Crippen molar-refractivity contribution in [2.75, 3.05) is 32.8 Å². The summed E-state index contributed by atoms with van der Waals surface area (Å²) in [6.45, 7) is 9.46. The summed E-state index contributed by atoms with van der Waals surface area (Å²) in [5, 5.41) is 0. The third-order valence-corrected chi connectivity index (χ3v) is 4.58. The van der Waals surface area contributed by atoms with Gasteiger partial charge in [-0.25, -0.2) is 0 Å². The second-order valence-electron chi connectivity index (χ2n) is 7.66. The molecule has 5 nitrogen and oxygen atoms in total. The predicted octanol–water partition coefficient (Wildman–Crippen LogP) is 2.72. The van der Waals surface area contributed by atoms with Crippen molar-refractivity contribution >= 4 is 5.91 Å². The number of nitrogens with zero attached hydrogens (tertiary/aromatic N) is 1. The molecule has 0 aromatic heterocycles. The minimum Gasteiger partial charge on any atom is -0.484 e. The van der Waals surface area contributed by atoms with Gasteiger partial charge in [-0.05, 0) is 48.9 Å². The molecule has 1 aromatic carbocycles. The van der Waals surface area contributed by atoms with E-state index in [0.29, 0.717) is 13.2 Å². The molecule has 1 saturated heterocycles. The maximum atomic E-state index is 12.3. The fraction of sp³-hybridized carbons (Fsp3) is 0.650. The molecular formula is C20H32N2O3. The van der Waals surface area contributed by atoms with E-state index < -0.39 is 0 Å². The molecule has 1 heterocycles. The lowest BCUT2D eigenvalue weighted by molar-refractivity contribution is -0.136. The largest absolute Gasteiger partial charge is 0.484 e. The van der Waals surface area contributed by atoms with E-state index in [2.05, 4.69) is 32.9 Å². The van der Waals surface area contributed by atoms with Gasteiger partial charge in [0, 0.05) is 19.7 Å². The van der Waals surface area contributed by atoms with Crippen LogP contribution >= 0.6 is 0 Å². The van der Waals surface area contributed by atoms with Gasteiger partial charge in [-0.2, -0.15) is 0 Å². The summed E-state index contributed by atoms with van der Waals surface area (Å²) in [5.74, 6) is 0.779. The van der Waals surface area contributed by atoms with Gasteiger partial charge in [-0.15, -0.1) is 0 Å². The zero-order chi connectivity index (χ0) is 18.3. The molecule has 5 heteroatoms. The lowest BCUT2D eigenvalue weighted by Gasteiger charge is -2.32. The van der Waals surface area contributed by atoms with E-state index in [4.69, 9.17) is 15.2 Å². The van der Waals surface area contributed by atoms with Gasteiger partial charge in [0.1, 0.15) is 5.75 Å². The maximum Gasteiger partial charge on any atom is 0.260 e. The fourth-order valence-electron chi connectivity index (χ4n) is 2.89. The van der Waals surface area contributed by atoms with Crippen LogP contribution in [0.5, 0.6) is 5.75 Å². The highest BCUT2D eigenvalue weighted by atomic mass is 16.5. The number of nitrogens with two attached hydrogens (primary N) is 1. The van der Waals surface area contributed by atoms with Gasteiger partial charge in [0.15, 0.2) is 6.61 Å². The molecule has 0 spiro atoms. The van der Waals surface area contributed by atoms with Gasteiger partial charge < -0.3 is 20.1 Å². The molecule has 140 valence electrons. The minimum absolute atomic E-state index is 0.0420. The summed E-state index contributed by atoms with van der Waals surface area (Å²) in [5.41, 5.74) is 6.84. The highest BCUT2D eigenvalue weighted by molar-refractivity contribution is 5.77. The summed E-state index contributed by atoms with van der Waals surface area (Å²) in [4.78, 5) is 14.2. The van der Waals surface area contributed by atoms with Crippen molar-refractivity contribution < 1.29 is 14.3 Å². The van der Waals surface area contributed by atoms with E-state index in [1.807, 2.05) is 17.0 Å². The number of piperidine rings is 1. The number of benzene rings is 1. The average molecular weight is 348 g/mol. The highest BCUT2D eigenvalue weighted by Crippen LogP contribution is 2.24. The van der Waals surface area contributed by atoms with Gasteiger partial charge >= 0.3 is 0 Å². The highest BCUT2D eigenvalue weighted by Gasteiger charge is 2.23. The first-order valence-corrected chi connectivity index (χ1v) is 9.23. The first-order valence-electron chi connectivity index (χ1n) is 9.23. The summed E-state index contributed by atoms with van der Waals surface area (Å²) < 4.78 is 11.4. The van der Waals surface area contributed by atoms with Crippen molar-refractivity contribution in [2.24, 2.45) is 5.73 Å². The van der Waals surface area contributed by atoms with Crippen LogP contribution in [0.4, 0.5) is 0 Å². The van der Waals surface area contributed by atoms with Crippen LogP contribution in [0.15, 0.2) is 24.3 Å². The zero-order valence-corrected chi connectivity index (χ0v) is 15.8. The lowest BCUT2D eigenvalue weighted by atomic mass is 9.87. The number of ether oxygens (including phenoxy) is 2. The number of amides is 1. The maximum absolute atomic E-state index is 12.3. The summed E-state index contributed by atoms with van der Waals surface area (Å²) in [6, 6.07) is 7.99. The Morgan fingerprint density at radius 2 is 1.84 bits per heavy atom. The molecule has 2 N–H and O–H groups in total. The Bertz CT molecular complexity index is 529. The van der Waals surface area contributed by atoms with Gasteiger partial charge in [0.25, 0.3) is 5.91 Å². The smallest absolute Gasteiger partial charge is 0.260 e. The second kappa shape index (κ2) is 9.20. The fourth-order valence-corrected chi connectivity index (χ4v) is 2.89. The van der Waals surface area contributed by atoms with Crippen molar-refractivity contribution in [2.45, 2.75) is 51.6 Å². The summed E-state index contributed by atoms with van der Waals surface area (Å²) >= 11 is 0. The molecule has 0 saturated carbocycles. The molecule has 1 aliphatic heterocycles. The van der Waals surface area contributed by atoms with Gasteiger partial charge in [0.2, 0.25) is 0 Å². The van der Waals surface area contributed by atoms with E-state index in [1.54, 1.807) is 0 Å². The molecule has 1 aromatic rings. The predicted molar refractivity (Wildman–Crippen MR) is 99.9 cm³/mol. The first kappa shape index (κ1) is 19.7. The molecule has 25 heavy (non-hydrogen) atoms. The zero-order valence-electron chi connectivity index (χ0n) is 15.8. The molecule has 2 rings (SSSR count).